The van der Waals surface area contributed by atoms with Crippen molar-refractivity contribution in [2.24, 2.45) is 5.92 Å². The molecule has 0 fully saturated rings. The van der Waals surface area contributed by atoms with Gasteiger partial charge in [-0.2, -0.15) is 0 Å². The number of nitrogens with two attached hydrogens (primary N) is 1. The summed E-state index contributed by atoms with van der Waals surface area (Å²) < 4.78 is 0. The number of nitrogens with zero attached hydrogens (tertiary/aromatic N) is 2. The molecule has 2 rings (SSSR count). The molecule has 0 aliphatic carbocycles. The van der Waals surface area contributed by atoms with Gasteiger partial charge in [-0.25, -0.2) is 0 Å². The van der Waals surface area contributed by atoms with Crippen molar-refractivity contribution in [2.75, 3.05) is 24.2 Å². The molecule has 0 amide bonds. The van der Waals surface area contributed by atoms with Crippen molar-refractivity contribution >= 4 is 22.3 Å². The first-order valence-corrected chi connectivity index (χ1v) is 6.47. The lowest BCUT2D eigenvalue weighted by Crippen LogP contribution is -2.23. The molecule has 1 unspecified atom stereocenters. The molecule has 2 N–H and O–H groups in total. The lowest BCUT2D eigenvalue weighted by Gasteiger charge is -2.24. The first-order valence-electron chi connectivity index (χ1n) is 6.47. The first kappa shape index (κ1) is 12.7. The van der Waals surface area contributed by atoms with E-state index >= 15 is 0 Å². The lowest BCUT2D eigenvalue weighted by atomic mass is 10.1. The van der Waals surface area contributed by atoms with Gasteiger partial charge in [0.2, 0.25) is 0 Å². The average Bonchev–Trinajstić information content (AvgIpc) is 2.38. The molecule has 1 atom stereocenters. The highest BCUT2D eigenvalue weighted by Crippen LogP contribution is 2.28. The molecule has 1 aromatic carbocycles. The monoisotopic (exact) mass is 243 g/mol. The van der Waals surface area contributed by atoms with Crippen LogP contribution in [0.2, 0.25) is 0 Å². The number of anilines is 2. The van der Waals surface area contributed by atoms with Crippen molar-refractivity contribution in [2.45, 2.75) is 20.3 Å². The normalized spacial score (nSPS) is 12.6. The predicted octanol–water partition coefficient (Wildman–Crippen LogP) is 3.30. The molecular formula is C15H21N3. The summed E-state index contributed by atoms with van der Waals surface area (Å²) in [7, 11) is 2.13. The third kappa shape index (κ3) is 2.40. The SMILES string of the molecule is CCC(C)CN(C)c1ccnc2c(N)cccc12. The summed E-state index contributed by atoms with van der Waals surface area (Å²) in [5, 5.41) is 1.13. The molecule has 0 aliphatic heterocycles. The van der Waals surface area contributed by atoms with Crippen LogP contribution < -0.4 is 10.6 Å². The summed E-state index contributed by atoms with van der Waals surface area (Å²) in [4.78, 5) is 6.66. The van der Waals surface area contributed by atoms with E-state index in [1.54, 1.807) is 0 Å². The van der Waals surface area contributed by atoms with Crippen LogP contribution in [0.4, 0.5) is 11.4 Å². The van der Waals surface area contributed by atoms with Gasteiger partial charge in [0, 0.05) is 30.9 Å². The summed E-state index contributed by atoms with van der Waals surface area (Å²) in [6.45, 7) is 5.54. The number of hydrogen-bond donors (Lipinski definition) is 1. The maximum absolute atomic E-state index is 5.97. The average molecular weight is 243 g/mol. The maximum atomic E-state index is 5.97. The Balaban J connectivity index is 2.42. The van der Waals surface area contributed by atoms with Crippen LogP contribution in [0.1, 0.15) is 20.3 Å². The van der Waals surface area contributed by atoms with E-state index in [-0.39, 0.29) is 0 Å². The number of pyridine rings is 1. The molecule has 1 aromatic heterocycles. The zero-order valence-corrected chi connectivity index (χ0v) is 11.4. The second kappa shape index (κ2) is 5.25. The Morgan fingerprint density at radius 2 is 2.11 bits per heavy atom. The minimum absolute atomic E-state index is 0.680. The summed E-state index contributed by atoms with van der Waals surface area (Å²) in [5.41, 5.74) is 8.81. The van der Waals surface area contributed by atoms with E-state index in [0.29, 0.717) is 5.92 Å². The highest BCUT2D eigenvalue weighted by Gasteiger charge is 2.10. The van der Waals surface area contributed by atoms with Crippen LogP contribution in [0.15, 0.2) is 30.5 Å². The quantitative estimate of drug-likeness (QED) is 0.838. The van der Waals surface area contributed by atoms with E-state index in [1.165, 1.54) is 12.1 Å². The molecule has 3 heteroatoms. The van der Waals surface area contributed by atoms with Crippen LogP contribution in [-0.2, 0) is 0 Å². The van der Waals surface area contributed by atoms with E-state index in [1.807, 2.05) is 18.3 Å². The van der Waals surface area contributed by atoms with E-state index in [2.05, 4.69) is 42.9 Å². The predicted molar refractivity (Wildman–Crippen MR) is 78.9 cm³/mol. The Labute approximate surface area is 109 Å². The molecule has 18 heavy (non-hydrogen) atoms. The lowest BCUT2D eigenvalue weighted by molar-refractivity contribution is 0.560. The molecule has 2 aromatic rings. The standard InChI is InChI=1S/C15H21N3/c1-4-11(2)10-18(3)14-8-9-17-15-12(14)6-5-7-13(15)16/h5-9,11H,4,10,16H2,1-3H3. The molecule has 3 nitrogen and oxygen atoms in total. The largest absolute Gasteiger partial charge is 0.397 e. The second-order valence-electron chi connectivity index (χ2n) is 4.97. The van der Waals surface area contributed by atoms with Crippen molar-refractivity contribution in [1.29, 1.82) is 0 Å². The number of benzene rings is 1. The van der Waals surface area contributed by atoms with Crippen LogP contribution in [0, 0.1) is 5.92 Å². The first-order chi connectivity index (χ1) is 8.63. The highest BCUT2D eigenvalue weighted by molar-refractivity contribution is 5.97. The third-order valence-corrected chi connectivity index (χ3v) is 3.47. The van der Waals surface area contributed by atoms with E-state index in [0.717, 1.165) is 23.1 Å². The molecule has 96 valence electrons. The van der Waals surface area contributed by atoms with Gasteiger partial charge < -0.3 is 10.6 Å². The van der Waals surface area contributed by atoms with E-state index in [9.17, 15) is 0 Å². The smallest absolute Gasteiger partial charge is 0.0951 e. The maximum Gasteiger partial charge on any atom is 0.0951 e. The number of rotatable bonds is 4. The number of hydrogen-bond acceptors (Lipinski definition) is 3. The molecule has 0 saturated carbocycles. The number of aromatic nitrogens is 1. The third-order valence-electron chi connectivity index (χ3n) is 3.47. The minimum atomic E-state index is 0.680. The van der Waals surface area contributed by atoms with Crippen LogP contribution in [0.5, 0.6) is 0 Å². The van der Waals surface area contributed by atoms with E-state index < -0.39 is 0 Å². The van der Waals surface area contributed by atoms with Gasteiger partial charge >= 0.3 is 0 Å². The van der Waals surface area contributed by atoms with Crippen LogP contribution in [0.25, 0.3) is 10.9 Å². The van der Waals surface area contributed by atoms with Gasteiger partial charge in [0.05, 0.1) is 11.2 Å². The van der Waals surface area contributed by atoms with Gasteiger partial charge in [-0.05, 0) is 18.1 Å². The second-order valence-corrected chi connectivity index (χ2v) is 4.97. The Kier molecular flexibility index (Phi) is 3.70. The number of fused-ring (bicyclic) bond motifs is 1. The molecule has 0 saturated heterocycles. The van der Waals surface area contributed by atoms with Crippen molar-refractivity contribution < 1.29 is 0 Å². The van der Waals surface area contributed by atoms with Crippen LogP contribution in [-0.4, -0.2) is 18.6 Å². The zero-order valence-electron chi connectivity index (χ0n) is 11.4. The van der Waals surface area contributed by atoms with Gasteiger partial charge in [0.1, 0.15) is 0 Å². The minimum Gasteiger partial charge on any atom is -0.397 e. The summed E-state index contributed by atoms with van der Waals surface area (Å²) in [5.74, 6) is 0.680. The van der Waals surface area contributed by atoms with Gasteiger partial charge in [0.25, 0.3) is 0 Å². The summed E-state index contributed by atoms with van der Waals surface area (Å²) in [6.07, 6.45) is 3.02. The number of para-hydroxylation sites is 1. The zero-order chi connectivity index (χ0) is 13.1. The van der Waals surface area contributed by atoms with Gasteiger partial charge in [-0.1, -0.05) is 32.4 Å². The molecule has 1 heterocycles. The van der Waals surface area contributed by atoms with Crippen molar-refractivity contribution in [3.8, 4) is 0 Å². The van der Waals surface area contributed by atoms with Crippen molar-refractivity contribution in [1.82, 2.24) is 4.98 Å². The molecular weight excluding hydrogens is 222 g/mol. The van der Waals surface area contributed by atoms with E-state index in [4.69, 9.17) is 5.73 Å². The molecule has 0 spiro atoms. The fourth-order valence-electron chi connectivity index (χ4n) is 2.21. The Bertz CT molecular complexity index is 536. The molecule has 0 bridgehead atoms. The topological polar surface area (TPSA) is 42.2 Å². The number of nitrogen functional groups attached to an aromatic ring is 1. The summed E-state index contributed by atoms with van der Waals surface area (Å²) >= 11 is 0. The molecule has 0 radical (unpaired) electrons. The highest BCUT2D eigenvalue weighted by atomic mass is 15.1. The Morgan fingerprint density at radius 3 is 2.83 bits per heavy atom. The Morgan fingerprint density at radius 1 is 1.33 bits per heavy atom. The van der Waals surface area contributed by atoms with Crippen molar-refractivity contribution in [3.63, 3.8) is 0 Å². The van der Waals surface area contributed by atoms with Gasteiger partial charge in [0.15, 0.2) is 0 Å². The molecule has 0 aliphatic rings. The fraction of sp³-hybridized carbons (Fsp3) is 0.400. The Hall–Kier alpha value is -1.77. The summed E-state index contributed by atoms with van der Waals surface area (Å²) in [6, 6.07) is 8.03. The van der Waals surface area contributed by atoms with Crippen LogP contribution in [0.3, 0.4) is 0 Å². The van der Waals surface area contributed by atoms with Crippen molar-refractivity contribution in [3.05, 3.63) is 30.5 Å². The fourth-order valence-corrected chi connectivity index (χ4v) is 2.21. The van der Waals surface area contributed by atoms with Gasteiger partial charge in [-0.15, -0.1) is 0 Å². The van der Waals surface area contributed by atoms with Crippen LogP contribution >= 0.6 is 0 Å². The van der Waals surface area contributed by atoms with Gasteiger partial charge in [-0.3, -0.25) is 4.98 Å².